The highest BCUT2D eigenvalue weighted by Gasteiger charge is 2.30. The van der Waals surface area contributed by atoms with Gasteiger partial charge >= 0.3 is 0 Å². The molecule has 2 amide bonds. The Hall–Kier alpha value is -2.78. The van der Waals surface area contributed by atoms with Gasteiger partial charge in [0.05, 0.1) is 17.7 Å². The summed E-state index contributed by atoms with van der Waals surface area (Å²) in [7, 11) is -2.55. The number of carbonyl (C=O) groups is 2. The lowest BCUT2D eigenvalue weighted by atomic mass is 10.3. The highest BCUT2D eigenvalue weighted by atomic mass is 35.5. The third kappa shape index (κ3) is 4.85. The van der Waals surface area contributed by atoms with Crippen molar-refractivity contribution in [2.24, 2.45) is 0 Å². The quantitative estimate of drug-likeness (QED) is 0.599. The number of hydrogen-bond acceptors (Lipinski definition) is 5. The fourth-order valence-corrected chi connectivity index (χ4v) is 4.71. The van der Waals surface area contributed by atoms with Crippen LogP contribution in [0.5, 0.6) is 5.75 Å². The first-order valence-corrected chi connectivity index (χ1v) is 11.1. The lowest BCUT2D eigenvalue weighted by Gasteiger charge is -2.34. The zero-order chi connectivity index (χ0) is 21.7. The minimum Gasteiger partial charge on any atom is -0.497 e. The third-order valence-electron chi connectivity index (χ3n) is 4.84. The summed E-state index contributed by atoms with van der Waals surface area (Å²) < 4.78 is 32.9. The number of nitrogens with zero attached hydrogens (tertiary/aromatic N) is 3. The van der Waals surface area contributed by atoms with Crippen molar-refractivity contribution in [1.82, 2.24) is 9.80 Å². The van der Waals surface area contributed by atoms with Crippen molar-refractivity contribution in [2.45, 2.75) is 4.90 Å². The first kappa shape index (κ1) is 21.9. The molecule has 30 heavy (non-hydrogen) atoms. The summed E-state index contributed by atoms with van der Waals surface area (Å²) in [5.74, 6) is 0.171. The van der Waals surface area contributed by atoms with Gasteiger partial charge in [-0.2, -0.15) is 0 Å². The summed E-state index contributed by atoms with van der Waals surface area (Å²) in [6.07, 6.45) is 0.744. The van der Waals surface area contributed by atoms with Gasteiger partial charge in [0.15, 0.2) is 0 Å². The Kier molecular flexibility index (Phi) is 6.84. The number of sulfonamides is 1. The van der Waals surface area contributed by atoms with Crippen LogP contribution in [0, 0.1) is 0 Å². The molecule has 0 aliphatic carbocycles. The summed E-state index contributed by atoms with van der Waals surface area (Å²) in [4.78, 5) is 26.9. The van der Waals surface area contributed by atoms with Crippen LogP contribution in [0.15, 0.2) is 53.4 Å². The molecule has 1 fully saturated rings. The van der Waals surface area contributed by atoms with E-state index in [1.54, 1.807) is 40.1 Å². The van der Waals surface area contributed by atoms with Gasteiger partial charge in [-0.1, -0.05) is 17.7 Å². The molecule has 1 aliphatic heterocycles. The van der Waals surface area contributed by atoms with Crippen LogP contribution in [-0.2, 0) is 19.6 Å². The van der Waals surface area contributed by atoms with Gasteiger partial charge in [-0.15, -0.1) is 0 Å². The zero-order valence-corrected chi connectivity index (χ0v) is 18.0. The Morgan fingerprint density at radius 2 is 1.80 bits per heavy atom. The van der Waals surface area contributed by atoms with E-state index in [2.05, 4.69) is 0 Å². The van der Waals surface area contributed by atoms with E-state index < -0.39 is 10.0 Å². The number of carbonyl (C=O) groups excluding carboxylic acids is 2. The van der Waals surface area contributed by atoms with E-state index in [1.807, 2.05) is 0 Å². The molecule has 10 heteroatoms. The number of benzene rings is 2. The van der Waals surface area contributed by atoms with E-state index in [0.29, 0.717) is 37.0 Å². The van der Waals surface area contributed by atoms with Crippen molar-refractivity contribution >= 4 is 39.6 Å². The summed E-state index contributed by atoms with van der Waals surface area (Å²) in [5.41, 5.74) is 0.290. The van der Waals surface area contributed by atoms with Gasteiger partial charge in [-0.05, 0) is 42.5 Å². The second kappa shape index (κ2) is 9.36. The molecule has 0 atom stereocenters. The van der Waals surface area contributed by atoms with Gasteiger partial charge in [0.1, 0.15) is 12.3 Å². The minimum atomic E-state index is -4.04. The summed E-state index contributed by atoms with van der Waals surface area (Å²) in [6.45, 7) is 1.15. The second-order valence-corrected chi connectivity index (χ2v) is 8.99. The van der Waals surface area contributed by atoms with Crippen molar-refractivity contribution in [3.63, 3.8) is 0 Å². The summed E-state index contributed by atoms with van der Waals surface area (Å²) in [5, 5.41) is 0.356. The molecule has 0 unspecified atom stereocenters. The van der Waals surface area contributed by atoms with E-state index in [0.717, 1.165) is 10.7 Å². The lowest BCUT2D eigenvalue weighted by Crippen LogP contribution is -2.51. The number of anilines is 1. The van der Waals surface area contributed by atoms with Crippen molar-refractivity contribution in [2.75, 3.05) is 44.1 Å². The SMILES string of the molecule is COc1ccc(S(=O)(=O)N(CC(=O)N2CCN(C=O)CC2)c2cccc(Cl)c2)cc1. The molecule has 1 aliphatic rings. The molecule has 160 valence electrons. The number of ether oxygens (including phenoxy) is 1. The predicted octanol–water partition coefficient (Wildman–Crippen LogP) is 1.84. The second-order valence-electron chi connectivity index (χ2n) is 6.69. The Bertz CT molecular complexity index is 1010. The highest BCUT2D eigenvalue weighted by Crippen LogP contribution is 2.27. The van der Waals surface area contributed by atoms with E-state index in [4.69, 9.17) is 16.3 Å². The Morgan fingerprint density at radius 3 is 2.37 bits per heavy atom. The van der Waals surface area contributed by atoms with Crippen molar-refractivity contribution in [3.05, 3.63) is 53.6 Å². The third-order valence-corrected chi connectivity index (χ3v) is 6.86. The molecule has 2 aromatic carbocycles. The van der Waals surface area contributed by atoms with Gasteiger partial charge < -0.3 is 14.5 Å². The maximum atomic E-state index is 13.4. The number of halogens is 1. The largest absolute Gasteiger partial charge is 0.497 e. The molecular formula is C20H22ClN3O5S. The average molecular weight is 452 g/mol. The molecule has 0 N–H and O–H groups in total. The van der Waals surface area contributed by atoms with E-state index in [-0.39, 0.29) is 23.0 Å². The van der Waals surface area contributed by atoms with Crippen LogP contribution in [0.3, 0.4) is 0 Å². The van der Waals surface area contributed by atoms with Crippen LogP contribution in [0.2, 0.25) is 5.02 Å². The normalized spacial score (nSPS) is 14.3. The van der Waals surface area contributed by atoms with E-state index in [9.17, 15) is 18.0 Å². The van der Waals surface area contributed by atoms with Crippen LogP contribution in [0.4, 0.5) is 5.69 Å². The molecule has 0 bridgehead atoms. The predicted molar refractivity (Wildman–Crippen MR) is 113 cm³/mol. The number of amides is 2. The fourth-order valence-electron chi connectivity index (χ4n) is 3.12. The van der Waals surface area contributed by atoms with E-state index >= 15 is 0 Å². The molecular weight excluding hydrogens is 430 g/mol. The summed E-state index contributed by atoms with van der Waals surface area (Å²) >= 11 is 6.07. The number of methoxy groups -OCH3 is 1. The molecule has 1 saturated heterocycles. The molecule has 0 saturated carbocycles. The first-order valence-electron chi connectivity index (χ1n) is 9.24. The van der Waals surface area contributed by atoms with Crippen LogP contribution < -0.4 is 9.04 Å². The van der Waals surface area contributed by atoms with Crippen LogP contribution in [0.25, 0.3) is 0 Å². The minimum absolute atomic E-state index is 0.0295. The highest BCUT2D eigenvalue weighted by molar-refractivity contribution is 7.92. The van der Waals surface area contributed by atoms with Gasteiger partial charge in [0.2, 0.25) is 12.3 Å². The number of piperazine rings is 1. The lowest BCUT2D eigenvalue weighted by molar-refractivity contribution is -0.133. The van der Waals surface area contributed by atoms with Gasteiger partial charge in [-0.25, -0.2) is 8.42 Å². The van der Waals surface area contributed by atoms with Crippen molar-refractivity contribution in [3.8, 4) is 5.75 Å². The van der Waals surface area contributed by atoms with E-state index in [1.165, 1.54) is 25.3 Å². The Morgan fingerprint density at radius 1 is 1.13 bits per heavy atom. The average Bonchev–Trinajstić information content (AvgIpc) is 2.77. The smallest absolute Gasteiger partial charge is 0.264 e. The van der Waals surface area contributed by atoms with Gasteiger partial charge in [-0.3, -0.25) is 13.9 Å². The molecule has 8 nitrogen and oxygen atoms in total. The molecule has 0 radical (unpaired) electrons. The van der Waals surface area contributed by atoms with Crippen LogP contribution in [-0.4, -0.2) is 70.4 Å². The molecule has 0 spiro atoms. The zero-order valence-electron chi connectivity index (χ0n) is 16.4. The molecule has 0 aromatic heterocycles. The Balaban J connectivity index is 1.90. The maximum absolute atomic E-state index is 13.4. The van der Waals surface area contributed by atoms with Gasteiger partial charge in [0.25, 0.3) is 10.0 Å². The molecule has 1 heterocycles. The number of rotatable bonds is 7. The van der Waals surface area contributed by atoms with Crippen molar-refractivity contribution < 1.29 is 22.7 Å². The fraction of sp³-hybridized carbons (Fsp3) is 0.300. The standard InChI is InChI=1S/C20H22ClN3O5S/c1-29-18-5-7-19(8-6-18)30(27,28)24(17-4-2-3-16(21)13-17)14-20(26)23-11-9-22(15-25)10-12-23/h2-8,13,15H,9-12,14H2,1H3. The van der Waals surface area contributed by atoms with Crippen LogP contribution >= 0.6 is 11.6 Å². The van der Waals surface area contributed by atoms with Crippen molar-refractivity contribution in [1.29, 1.82) is 0 Å². The maximum Gasteiger partial charge on any atom is 0.264 e. The summed E-state index contributed by atoms with van der Waals surface area (Å²) in [6, 6.07) is 12.3. The first-order chi connectivity index (χ1) is 14.3. The Labute approximate surface area is 180 Å². The number of hydrogen-bond donors (Lipinski definition) is 0. The van der Waals surface area contributed by atoms with Gasteiger partial charge in [0, 0.05) is 31.2 Å². The van der Waals surface area contributed by atoms with Crippen LogP contribution in [0.1, 0.15) is 0 Å². The molecule has 3 rings (SSSR count). The topological polar surface area (TPSA) is 87.2 Å². The monoisotopic (exact) mass is 451 g/mol. The molecule has 2 aromatic rings.